The first-order valence-electron chi connectivity index (χ1n) is 16.6. The number of ether oxygens (including phenoxy) is 6. The minimum Gasteiger partial charge on any atom is -0.496 e. The fourth-order valence-corrected chi connectivity index (χ4v) is 6.08. The van der Waals surface area contributed by atoms with Crippen molar-refractivity contribution in [3.63, 3.8) is 0 Å². The van der Waals surface area contributed by atoms with E-state index in [4.69, 9.17) is 28.4 Å². The van der Waals surface area contributed by atoms with Crippen molar-refractivity contribution >= 4 is 5.91 Å². The number of hydrogen-bond acceptors (Lipinski definition) is 8. The number of nitrogens with one attached hydrogen (secondary N) is 1. The highest BCUT2D eigenvalue weighted by atomic mass is 16.5. The van der Waals surface area contributed by atoms with E-state index < -0.39 is 0 Å². The maximum Gasteiger partial charge on any atom is 0.230 e. The van der Waals surface area contributed by atoms with E-state index in [0.29, 0.717) is 51.6 Å². The lowest BCUT2D eigenvalue weighted by molar-refractivity contribution is -0.127. The van der Waals surface area contributed by atoms with Gasteiger partial charge in [-0.25, -0.2) is 0 Å². The Hall–Kier alpha value is -3.89. The van der Waals surface area contributed by atoms with Crippen LogP contribution in [-0.4, -0.2) is 70.6 Å². The van der Waals surface area contributed by atoms with E-state index in [-0.39, 0.29) is 23.8 Å². The number of carbonyl (C=O) groups excluding carboxylic acids is 1. The summed E-state index contributed by atoms with van der Waals surface area (Å²) in [6.45, 7) is 4.59. The van der Waals surface area contributed by atoms with Crippen LogP contribution in [0.4, 0.5) is 0 Å². The SMILES string of the molecule is COCCCC(=O)N1C=COC(C2=CC=CC[C@@H]2COC2CNCCC2c2ccc(OCCCOCc3ccccc3OC)cc2)=C1. The molecule has 2 aromatic carbocycles. The van der Waals surface area contributed by atoms with Crippen LogP contribution in [-0.2, 0) is 30.3 Å². The number of carbonyl (C=O) groups is 1. The lowest BCUT2D eigenvalue weighted by atomic mass is 9.87. The van der Waals surface area contributed by atoms with Gasteiger partial charge in [0.15, 0.2) is 0 Å². The average molecular weight is 645 g/mol. The number of benzene rings is 2. The Balaban J connectivity index is 1.09. The van der Waals surface area contributed by atoms with Crippen molar-refractivity contribution in [3.05, 3.63) is 108 Å². The van der Waals surface area contributed by atoms with Crippen molar-refractivity contribution in [2.45, 2.75) is 50.7 Å². The van der Waals surface area contributed by atoms with Crippen molar-refractivity contribution in [1.82, 2.24) is 10.2 Å². The van der Waals surface area contributed by atoms with E-state index in [0.717, 1.165) is 55.0 Å². The predicted molar refractivity (Wildman–Crippen MR) is 181 cm³/mol. The maximum atomic E-state index is 12.7. The highest BCUT2D eigenvalue weighted by Crippen LogP contribution is 2.33. The van der Waals surface area contributed by atoms with Gasteiger partial charge in [-0.15, -0.1) is 0 Å². The molecule has 5 rings (SSSR count). The Morgan fingerprint density at radius 1 is 1.04 bits per heavy atom. The largest absolute Gasteiger partial charge is 0.496 e. The molecule has 0 saturated carbocycles. The van der Waals surface area contributed by atoms with Gasteiger partial charge in [-0.3, -0.25) is 9.69 Å². The van der Waals surface area contributed by atoms with Crippen LogP contribution in [0.25, 0.3) is 0 Å². The van der Waals surface area contributed by atoms with Crippen LogP contribution in [0, 0.1) is 5.92 Å². The topological polar surface area (TPSA) is 87.7 Å². The molecule has 3 aliphatic rings. The molecule has 9 heteroatoms. The van der Waals surface area contributed by atoms with Crippen molar-refractivity contribution in [3.8, 4) is 11.5 Å². The lowest BCUT2D eigenvalue weighted by Gasteiger charge is -2.34. The van der Waals surface area contributed by atoms with Gasteiger partial charge >= 0.3 is 0 Å². The maximum absolute atomic E-state index is 12.7. The third-order valence-electron chi connectivity index (χ3n) is 8.65. The summed E-state index contributed by atoms with van der Waals surface area (Å²) >= 11 is 0. The number of allylic oxidation sites excluding steroid dienone is 4. The van der Waals surface area contributed by atoms with E-state index >= 15 is 0 Å². The Kier molecular flexibility index (Phi) is 13.5. The van der Waals surface area contributed by atoms with E-state index in [1.165, 1.54) is 5.56 Å². The van der Waals surface area contributed by atoms with Crippen LogP contribution in [0.15, 0.2) is 96.8 Å². The van der Waals surface area contributed by atoms with Crippen molar-refractivity contribution in [2.24, 2.45) is 5.92 Å². The molecule has 1 amide bonds. The molecule has 1 N–H and O–H groups in total. The van der Waals surface area contributed by atoms with Gasteiger partial charge in [0.2, 0.25) is 5.91 Å². The van der Waals surface area contributed by atoms with Gasteiger partial charge in [-0.05, 0) is 49.6 Å². The average Bonchev–Trinajstić information content (AvgIpc) is 3.13. The number of amides is 1. The Morgan fingerprint density at radius 3 is 2.77 bits per heavy atom. The number of hydrogen-bond donors (Lipinski definition) is 1. The molecule has 0 bridgehead atoms. The number of para-hydroxylation sites is 1. The molecule has 47 heavy (non-hydrogen) atoms. The van der Waals surface area contributed by atoms with Crippen molar-refractivity contribution in [2.75, 3.05) is 53.7 Å². The fourth-order valence-electron chi connectivity index (χ4n) is 6.08. The Bertz CT molecular complexity index is 1400. The standard InChI is InChI=1S/C38H48N2O7/c1-42-21-7-13-38(41)40-20-24-46-37(26-40)33-11-5-3-9-30(33)28-47-36-25-39-19-18-34(36)29-14-16-32(17-15-29)45-23-8-22-44-27-31-10-4-6-12-35(31)43-2/h3-6,10-12,14-17,20,24,26,30,34,36,39H,7-9,13,18-19,21-23,25,27-28H2,1-2H3/t30-,34?,36?/m1/s1. The summed E-state index contributed by atoms with van der Waals surface area (Å²) in [5.74, 6) is 2.81. The third-order valence-corrected chi connectivity index (χ3v) is 8.65. The van der Waals surface area contributed by atoms with Crippen LogP contribution in [0.2, 0.25) is 0 Å². The molecule has 0 spiro atoms. The van der Waals surface area contributed by atoms with Crippen LogP contribution in [0.1, 0.15) is 49.1 Å². The molecule has 2 aromatic rings. The zero-order valence-electron chi connectivity index (χ0n) is 27.6. The van der Waals surface area contributed by atoms with Gasteiger partial charge in [0.1, 0.15) is 23.5 Å². The molecule has 1 fully saturated rings. The molecule has 1 saturated heterocycles. The van der Waals surface area contributed by atoms with Gasteiger partial charge in [0.05, 0.1) is 45.8 Å². The van der Waals surface area contributed by atoms with Crippen LogP contribution in [0.3, 0.4) is 0 Å². The Labute approximate surface area is 278 Å². The molecule has 9 nitrogen and oxygen atoms in total. The van der Waals surface area contributed by atoms with Gasteiger partial charge < -0.3 is 33.7 Å². The summed E-state index contributed by atoms with van der Waals surface area (Å²) in [4.78, 5) is 14.3. The third kappa shape index (κ3) is 10.0. The zero-order valence-corrected chi connectivity index (χ0v) is 27.6. The monoisotopic (exact) mass is 644 g/mol. The highest BCUT2D eigenvalue weighted by Gasteiger charge is 2.30. The lowest BCUT2D eigenvalue weighted by Crippen LogP contribution is -2.42. The normalized spacial score (nSPS) is 20.7. The smallest absolute Gasteiger partial charge is 0.230 e. The summed E-state index contributed by atoms with van der Waals surface area (Å²) in [6.07, 6.45) is 15.1. The summed E-state index contributed by atoms with van der Waals surface area (Å²) in [5.41, 5.74) is 3.34. The van der Waals surface area contributed by atoms with Crippen LogP contribution >= 0.6 is 0 Å². The minimum atomic E-state index is 0.0145. The van der Waals surface area contributed by atoms with Crippen molar-refractivity contribution in [1.29, 1.82) is 0 Å². The quantitative estimate of drug-likeness (QED) is 0.203. The van der Waals surface area contributed by atoms with Crippen LogP contribution < -0.4 is 14.8 Å². The zero-order chi connectivity index (χ0) is 32.7. The summed E-state index contributed by atoms with van der Waals surface area (Å²) in [5, 5.41) is 3.51. The molecule has 1 aliphatic carbocycles. The van der Waals surface area contributed by atoms with Crippen LogP contribution in [0.5, 0.6) is 11.5 Å². The second-order valence-electron chi connectivity index (χ2n) is 11.9. The number of piperidine rings is 1. The molecule has 2 heterocycles. The summed E-state index contributed by atoms with van der Waals surface area (Å²) in [7, 11) is 3.32. The van der Waals surface area contributed by atoms with E-state index in [1.54, 1.807) is 37.8 Å². The van der Waals surface area contributed by atoms with E-state index in [2.05, 4.69) is 41.7 Å². The van der Waals surface area contributed by atoms with Gasteiger partial charge in [0.25, 0.3) is 0 Å². The molecule has 0 radical (unpaired) electrons. The molecule has 2 unspecified atom stereocenters. The molecule has 2 aliphatic heterocycles. The highest BCUT2D eigenvalue weighted by molar-refractivity contribution is 5.78. The number of methoxy groups -OCH3 is 2. The number of nitrogens with zero attached hydrogens (tertiary/aromatic N) is 1. The Morgan fingerprint density at radius 2 is 1.91 bits per heavy atom. The first-order valence-corrected chi connectivity index (χ1v) is 16.6. The molecule has 3 atom stereocenters. The number of rotatable bonds is 17. The first-order chi connectivity index (χ1) is 23.2. The summed E-state index contributed by atoms with van der Waals surface area (Å²) in [6, 6.07) is 16.3. The summed E-state index contributed by atoms with van der Waals surface area (Å²) < 4.78 is 34.8. The second-order valence-corrected chi connectivity index (χ2v) is 11.9. The molecule has 0 aromatic heterocycles. The fraction of sp³-hybridized carbons (Fsp3) is 0.447. The van der Waals surface area contributed by atoms with E-state index in [9.17, 15) is 4.79 Å². The van der Waals surface area contributed by atoms with E-state index in [1.807, 2.05) is 30.3 Å². The van der Waals surface area contributed by atoms with Gasteiger partial charge in [-0.1, -0.05) is 48.6 Å². The minimum absolute atomic E-state index is 0.0145. The van der Waals surface area contributed by atoms with Gasteiger partial charge in [0, 0.05) is 62.3 Å². The molecule has 252 valence electrons. The van der Waals surface area contributed by atoms with Gasteiger partial charge in [-0.2, -0.15) is 0 Å². The first kappa shape index (κ1) is 34.4. The molecular formula is C38H48N2O7. The predicted octanol–water partition coefficient (Wildman–Crippen LogP) is 6.24. The second kappa shape index (κ2) is 18.4. The van der Waals surface area contributed by atoms with Crippen molar-refractivity contribution < 1.29 is 33.2 Å². The molecular weight excluding hydrogens is 596 g/mol.